The molecule has 4 aromatic rings. The van der Waals surface area contributed by atoms with Crippen LogP contribution in [0.4, 0.5) is 0 Å². The molecular formula is C36H37Cl2HfSi. The second-order valence-corrected chi connectivity index (χ2v) is 71.7. The molecule has 2 atom stereocenters. The van der Waals surface area contributed by atoms with Gasteiger partial charge in [0, 0.05) is 0 Å². The van der Waals surface area contributed by atoms with E-state index in [1.807, 2.05) is 0 Å². The van der Waals surface area contributed by atoms with Gasteiger partial charge in [-0.3, -0.25) is 0 Å². The van der Waals surface area contributed by atoms with Crippen molar-refractivity contribution in [3.05, 3.63) is 129 Å². The summed E-state index contributed by atoms with van der Waals surface area (Å²) in [5.41, 5.74) is 15.6. The van der Waals surface area contributed by atoms with Crippen molar-refractivity contribution in [1.82, 2.24) is 0 Å². The van der Waals surface area contributed by atoms with Crippen molar-refractivity contribution >= 4 is 35.3 Å². The van der Waals surface area contributed by atoms with Crippen molar-refractivity contribution in [2.45, 2.75) is 48.1 Å². The van der Waals surface area contributed by atoms with Crippen LogP contribution >= 0.6 is 17.2 Å². The predicted molar refractivity (Wildman–Crippen MR) is 177 cm³/mol. The Balaban J connectivity index is 1.54. The Morgan fingerprint density at radius 2 is 0.925 bits per heavy atom. The van der Waals surface area contributed by atoms with Crippen molar-refractivity contribution in [2.24, 2.45) is 0 Å². The summed E-state index contributed by atoms with van der Waals surface area (Å²) in [6.07, 6.45) is 4.79. The zero-order chi connectivity index (χ0) is 28.4. The molecular weight excluding hydrogens is 710 g/mol. The van der Waals surface area contributed by atoms with E-state index in [4.69, 9.17) is 17.2 Å². The third-order valence-corrected chi connectivity index (χ3v) is 82.9. The quantitative estimate of drug-likeness (QED) is 0.178. The van der Waals surface area contributed by atoms with Crippen molar-refractivity contribution in [3.63, 3.8) is 0 Å². The molecule has 0 heterocycles. The van der Waals surface area contributed by atoms with Crippen LogP contribution < -0.4 is 0 Å². The van der Waals surface area contributed by atoms with Gasteiger partial charge in [-0.1, -0.05) is 0 Å². The van der Waals surface area contributed by atoms with Crippen molar-refractivity contribution < 1.29 is 15.3 Å². The van der Waals surface area contributed by atoms with Crippen molar-refractivity contribution in [1.29, 1.82) is 0 Å². The molecule has 0 aromatic heterocycles. The van der Waals surface area contributed by atoms with Crippen LogP contribution in [0.2, 0.25) is 13.1 Å². The molecule has 2 aliphatic rings. The third-order valence-electron chi connectivity index (χ3n) is 9.49. The second-order valence-electron chi connectivity index (χ2n) is 12.4. The van der Waals surface area contributed by atoms with Gasteiger partial charge in [0.2, 0.25) is 0 Å². The first-order chi connectivity index (χ1) is 19.0. The van der Waals surface area contributed by atoms with E-state index >= 15 is 0 Å². The van der Waals surface area contributed by atoms with Crippen molar-refractivity contribution in [3.8, 4) is 22.3 Å². The molecule has 4 heteroatoms. The van der Waals surface area contributed by atoms with E-state index in [9.17, 15) is 0 Å². The van der Waals surface area contributed by atoms with Crippen molar-refractivity contribution in [2.75, 3.05) is 0 Å². The van der Waals surface area contributed by atoms with Gasteiger partial charge in [0.05, 0.1) is 0 Å². The Labute approximate surface area is 248 Å². The Bertz CT molecular complexity index is 1570. The van der Waals surface area contributed by atoms with E-state index in [1.54, 1.807) is 0 Å². The summed E-state index contributed by atoms with van der Waals surface area (Å²) in [4.78, 5) is 0. The number of allylic oxidation sites excluding steroid dienone is 2. The summed E-state index contributed by atoms with van der Waals surface area (Å²) in [6.45, 7) is 13.7. The van der Waals surface area contributed by atoms with Gasteiger partial charge in [-0.2, -0.15) is 0 Å². The topological polar surface area (TPSA) is 0 Å². The Kier molecular flexibility index (Phi) is 7.10. The number of hydrogen-bond donors (Lipinski definition) is 0. The number of benzene rings is 4. The molecule has 0 spiro atoms. The summed E-state index contributed by atoms with van der Waals surface area (Å²) in [7, 11) is 16.8. The number of fused-ring (bicyclic) bond motifs is 2. The molecule has 0 bridgehead atoms. The first kappa shape index (κ1) is 28.2. The van der Waals surface area contributed by atoms with Crippen LogP contribution in [0.3, 0.4) is 0 Å². The average molecular weight is 747 g/mol. The van der Waals surface area contributed by atoms with Gasteiger partial charge in [-0.05, 0) is 0 Å². The van der Waals surface area contributed by atoms with E-state index in [0.29, 0.717) is 0 Å². The minimum absolute atomic E-state index is 0.120. The zero-order valence-corrected chi connectivity index (χ0v) is 30.5. The van der Waals surface area contributed by atoms with Crippen LogP contribution in [-0.4, -0.2) is 5.98 Å². The maximum absolute atomic E-state index is 8.39. The summed E-state index contributed by atoms with van der Waals surface area (Å²) < 4.78 is 0.240. The fourth-order valence-electron chi connectivity index (χ4n) is 7.37. The molecule has 2 aliphatic carbocycles. The Morgan fingerprint density at radius 1 is 0.550 bits per heavy atom. The summed E-state index contributed by atoms with van der Waals surface area (Å²) >= 11 is -4.81. The second kappa shape index (κ2) is 10.1. The summed E-state index contributed by atoms with van der Waals surface area (Å²) in [5.74, 6) is -1.54. The fraction of sp³-hybridized carbons (Fsp3) is 0.222. The van der Waals surface area contributed by atoms with E-state index in [-0.39, 0.29) is 7.35 Å². The monoisotopic (exact) mass is 747 g/mol. The molecule has 2 unspecified atom stereocenters. The molecule has 0 N–H and O–H groups in total. The number of halogens is 2. The molecule has 0 saturated heterocycles. The molecule has 0 nitrogen and oxygen atoms in total. The molecule has 0 radical (unpaired) electrons. The van der Waals surface area contributed by atoms with Gasteiger partial charge < -0.3 is 0 Å². The maximum atomic E-state index is 8.39. The molecule has 6 rings (SSSR count). The van der Waals surface area contributed by atoms with Crippen LogP contribution in [0.1, 0.15) is 54.6 Å². The Morgan fingerprint density at radius 3 is 1.27 bits per heavy atom. The van der Waals surface area contributed by atoms with E-state index in [0.717, 1.165) is 0 Å². The molecule has 0 saturated carbocycles. The van der Waals surface area contributed by atoms with E-state index < -0.39 is 21.3 Å². The van der Waals surface area contributed by atoms with Gasteiger partial charge >= 0.3 is 250 Å². The Hall–Kier alpha value is -1.97. The predicted octanol–water partition coefficient (Wildman–Crippen LogP) is 11.2. The fourth-order valence-corrected chi connectivity index (χ4v) is 53.9. The third kappa shape index (κ3) is 4.25. The van der Waals surface area contributed by atoms with Gasteiger partial charge in [0.15, 0.2) is 0 Å². The van der Waals surface area contributed by atoms with Crippen LogP contribution in [0.25, 0.3) is 34.4 Å². The van der Waals surface area contributed by atoms with Gasteiger partial charge in [-0.15, -0.1) is 0 Å². The SMILES string of the molecule is CC1=Cc2c(-c3ccc(C)cc3)cccc2[CH]1[Hf]([Cl])([Cl])([CH]1C(C)=Cc2c(-c3ccc(C)cc3)cccc21)[SiH](C)C. The number of rotatable bonds is 5. The van der Waals surface area contributed by atoms with Crippen LogP contribution in [0.5, 0.6) is 0 Å². The average Bonchev–Trinajstić information content (AvgIpc) is 3.46. The molecule has 0 aliphatic heterocycles. The van der Waals surface area contributed by atoms with Crippen LogP contribution in [-0.2, 0) is 15.3 Å². The van der Waals surface area contributed by atoms with Gasteiger partial charge in [-0.25, -0.2) is 0 Å². The summed E-state index contributed by atoms with van der Waals surface area (Å²) in [6, 6.07) is 31.3. The van der Waals surface area contributed by atoms with Crippen LogP contribution in [0, 0.1) is 13.8 Å². The van der Waals surface area contributed by atoms with E-state index in [2.05, 4.69) is 138 Å². The molecule has 203 valence electrons. The van der Waals surface area contributed by atoms with Crippen LogP contribution in [0.15, 0.2) is 96.1 Å². The zero-order valence-electron chi connectivity index (χ0n) is 24.2. The van der Waals surface area contributed by atoms with Gasteiger partial charge in [0.1, 0.15) is 0 Å². The normalized spacial score (nSPS) is 19.1. The molecule has 4 aromatic carbocycles. The molecule has 40 heavy (non-hydrogen) atoms. The molecule has 0 fully saturated rings. The summed E-state index contributed by atoms with van der Waals surface area (Å²) in [5, 5.41) is 0. The first-order valence-corrected chi connectivity index (χ1v) is 36.5. The minimum atomic E-state index is -4.81. The number of hydrogen-bond acceptors (Lipinski definition) is 0. The standard InChI is InChI=1S/2C17H15.C2H7Si.2ClH.Hf/c2*1-12-6-8-14(9-7-12)16-5-3-4-15-10-13(2)11-17(15)16;1-3-2;;;/h2*3-11H,1-2H3;3H,1-2H3;2*1H;/q;;;;;+2/p-2. The first-order valence-electron chi connectivity index (χ1n) is 14.3. The van der Waals surface area contributed by atoms with E-state index in [1.165, 1.54) is 66.8 Å². The number of aryl methyl sites for hydroxylation is 2. The van der Waals surface area contributed by atoms with Gasteiger partial charge in [0.25, 0.3) is 0 Å². The molecule has 0 amide bonds.